The van der Waals surface area contributed by atoms with E-state index in [1.807, 2.05) is 0 Å². The van der Waals surface area contributed by atoms with Crippen LogP contribution in [0.25, 0.3) is 0 Å². The van der Waals surface area contributed by atoms with Gasteiger partial charge in [-0.05, 0) is 48.1 Å². The Morgan fingerprint density at radius 2 is 1.86 bits per heavy atom. The zero-order valence-electron chi connectivity index (χ0n) is 10.4. The van der Waals surface area contributed by atoms with E-state index in [-0.39, 0.29) is 5.54 Å². The predicted molar refractivity (Wildman–Crippen MR) is 63.4 cm³/mol. The molecule has 0 radical (unpaired) electrons. The van der Waals surface area contributed by atoms with Gasteiger partial charge in [-0.15, -0.1) is 0 Å². The highest BCUT2D eigenvalue weighted by atomic mass is 15.2. The Balaban J connectivity index is 2.78. The second-order valence-electron chi connectivity index (χ2n) is 5.45. The zero-order valence-corrected chi connectivity index (χ0v) is 10.4. The van der Waals surface area contributed by atoms with Crippen LogP contribution in [-0.2, 0) is 0 Å². The van der Waals surface area contributed by atoms with Crippen molar-refractivity contribution in [1.29, 1.82) is 0 Å². The van der Waals surface area contributed by atoms with Gasteiger partial charge in [0.1, 0.15) is 0 Å². The van der Waals surface area contributed by atoms with E-state index in [1.165, 1.54) is 17.6 Å². The number of allylic oxidation sites excluding steroid dienone is 2. The van der Waals surface area contributed by atoms with E-state index in [0.29, 0.717) is 6.04 Å². The van der Waals surface area contributed by atoms with Gasteiger partial charge in [0.05, 0.1) is 0 Å². The average molecular weight is 193 g/mol. The molecule has 1 nitrogen and oxygen atoms in total. The minimum atomic E-state index is 0.249. The van der Waals surface area contributed by atoms with Gasteiger partial charge in [0.15, 0.2) is 0 Å². The largest absolute Gasteiger partial charge is 0.295 e. The van der Waals surface area contributed by atoms with Crippen LogP contribution in [0.2, 0.25) is 0 Å². The lowest BCUT2D eigenvalue weighted by Crippen LogP contribution is -2.45. The maximum Gasteiger partial charge on any atom is 0.0323 e. The first-order valence-electron chi connectivity index (χ1n) is 5.39. The maximum absolute atomic E-state index is 2.45. The minimum absolute atomic E-state index is 0.249. The summed E-state index contributed by atoms with van der Waals surface area (Å²) in [5.41, 5.74) is 3.14. The molecule has 0 heterocycles. The molecule has 1 heteroatoms. The normalized spacial score (nSPS) is 23.5. The van der Waals surface area contributed by atoms with Crippen molar-refractivity contribution < 1.29 is 0 Å². The summed E-state index contributed by atoms with van der Waals surface area (Å²) < 4.78 is 0. The Labute approximate surface area is 88.5 Å². The Bertz CT molecular complexity index is 265. The molecule has 14 heavy (non-hydrogen) atoms. The molecule has 1 atom stereocenters. The van der Waals surface area contributed by atoms with Crippen LogP contribution >= 0.6 is 0 Å². The first kappa shape index (κ1) is 11.5. The SMILES string of the molecule is CC1=C[C@H](N(C)C(C)(C)C)CC(C)=C1. The fraction of sp³-hybridized carbons (Fsp3) is 0.692. The predicted octanol–water partition coefficient (Wildman–Crippen LogP) is 3.38. The molecule has 0 saturated heterocycles. The summed E-state index contributed by atoms with van der Waals surface area (Å²) in [6, 6.07) is 0.569. The van der Waals surface area contributed by atoms with E-state index in [4.69, 9.17) is 0 Å². The number of rotatable bonds is 1. The van der Waals surface area contributed by atoms with Crippen LogP contribution in [-0.4, -0.2) is 23.5 Å². The molecule has 0 bridgehead atoms. The van der Waals surface area contributed by atoms with E-state index < -0.39 is 0 Å². The van der Waals surface area contributed by atoms with Gasteiger partial charge in [-0.1, -0.05) is 23.3 Å². The number of hydrogen-bond acceptors (Lipinski definition) is 1. The first-order valence-corrected chi connectivity index (χ1v) is 5.39. The average Bonchev–Trinajstić information content (AvgIpc) is 1.99. The number of nitrogens with zero attached hydrogens (tertiary/aromatic N) is 1. The van der Waals surface area contributed by atoms with E-state index in [2.05, 4.69) is 58.7 Å². The van der Waals surface area contributed by atoms with Crippen molar-refractivity contribution in [2.45, 2.75) is 52.6 Å². The molecule has 0 aliphatic heterocycles. The van der Waals surface area contributed by atoms with Gasteiger partial charge in [-0.3, -0.25) is 4.90 Å². The second-order valence-corrected chi connectivity index (χ2v) is 5.45. The third-order valence-corrected chi connectivity index (χ3v) is 3.02. The molecule has 0 aromatic carbocycles. The molecule has 0 aromatic heterocycles. The van der Waals surface area contributed by atoms with Gasteiger partial charge in [-0.25, -0.2) is 0 Å². The number of likely N-dealkylation sites (N-methyl/N-ethyl adjacent to an activating group) is 1. The van der Waals surface area contributed by atoms with Gasteiger partial charge in [0.2, 0.25) is 0 Å². The van der Waals surface area contributed by atoms with E-state index >= 15 is 0 Å². The molecule has 80 valence electrons. The molecule has 0 saturated carbocycles. The van der Waals surface area contributed by atoms with Crippen LogP contribution in [0.5, 0.6) is 0 Å². The van der Waals surface area contributed by atoms with Crippen molar-refractivity contribution in [2.24, 2.45) is 0 Å². The van der Waals surface area contributed by atoms with Crippen LogP contribution < -0.4 is 0 Å². The van der Waals surface area contributed by atoms with E-state index in [1.54, 1.807) is 0 Å². The molecule has 0 amide bonds. The molecular weight excluding hydrogens is 170 g/mol. The molecule has 0 fully saturated rings. The molecule has 0 N–H and O–H groups in total. The third kappa shape index (κ3) is 2.71. The van der Waals surface area contributed by atoms with Gasteiger partial charge in [0, 0.05) is 11.6 Å². The van der Waals surface area contributed by atoms with Gasteiger partial charge < -0.3 is 0 Å². The van der Waals surface area contributed by atoms with Crippen molar-refractivity contribution >= 4 is 0 Å². The van der Waals surface area contributed by atoms with Crippen molar-refractivity contribution in [3.8, 4) is 0 Å². The smallest absolute Gasteiger partial charge is 0.0323 e. The summed E-state index contributed by atoms with van der Waals surface area (Å²) in [5.74, 6) is 0. The standard InChI is InChI=1S/C13H23N/c1-10-7-11(2)9-12(8-10)14(6)13(3,4)5/h7-8,12H,9H2,1-6H3/t12-/m0/s1. The fourth-order valence-corrected chi connectivity index (χ4v) is 1.93. The Kier molecular flexibility index (Phi) is 3.20. The van der Waals surface area contributed by atoms with Gasteiger partial charge in [0.25, 0.3) is 0 Å². The maximum atomic E-state index is 2.45. The number of hydrogen-bond donors (Lipinski definition) is 0. The second kappa shape index (κ2) is 3.90. The zero-order chi connectivity index (χ0) is 10.9. The third-order valence-electron chi connectivity index (χ3n) is 3.02. The summed E-state index contributed by atoms with van der Waals surface area (Å²) in [7, 11) is 2.22. The van der Waals surface area contributed by atoms with Gasteiger partial charge in [-0.2, -0.15) is 0 Å². The molecule has 1 aliphatic rings. The topological polar surface area (TPSA) is 3.24 Å². The molecular formula is C13H23N. The molecule has 1 rings (SSSR count). The van der Waals surface area contributed by atoms with Crippen LogP contribution in [0.3, 0.4) is 0 Å². The Hall–Kier alpha value is -0.560. The summed E-state index contributed by atoms with van der Waals surface area (Å²) in [5, 5.41) is 0. The summed E-state index contributed by atoms with van der Waals surface area (Å²) in [6.07, 6.45) is 5.83. The van der Waals surface area contributed by atoms with Crippen molar-refractivity contribution in [3.63, 3.8) is 0 Å². The fourth-order valence-electron chi connectivity index (χ4n) is 1.93. The molecule has 0 unspecified atom stereocenters. The van der Waals surface area contributed by atoms with Crippen molar-refractivity contribution in [1.82, 2.24) is 4.90 Å². The lowest BCUT2D eigenvalue weighted by molar-refractivity contribution is 0.139. The van der Waals surface area contributed by atoms with Crippen LogP contribution in [0, 0.1) is 0 Å². The monoisotopic (exact) mass is 193 g/mol. The first-order chi connectivity index (χ1) is 6.30. The van der Waals surface area contributed by atoms with Crippen LogP contribution in [0.4, 0.5) is 0 Å². The summed E-state index contributed by atoms with van der Waals surface area (Å²) in [6.45, 7) is 11.2. The van der Waals surface area contributed by atoms with Crippen molar-refractivity contribution in [2.75, 3.05) is 7.05 Å². The lowest BCUT2D eigenvalue weighted by Gasteiger charge is -2.39. The quantitative estimate of drug-likeness (QED) is 0.617. The highest BCUT2D eigenvalue weighted by Gasteiger charge is 2.25. The van der Waals surface area contributed by atoms with Crippen LogP contribution in [0.1, 0.15) is 41.0 Å². The van der Waals surface area contributed by atoms with E-state index in [9.17, 15) is 0 Å². The summed E-state index contributed by atoms with van der Waals surface area (Å²) in [4.78, 5) is 2.45. The minimum Gasteiger partial charge on any atom is -0.295 e. The van der Waals surface area contributed by atoms with E-state index in [0.717, 1.165) is 0 Å². The Morgan fingerprint density at radius 1 is 1.29 bits per heavy atom. The molecule has 1 aliphatic carbocycles. The van der Waals surface area contributed by atoms with Gasteiger partial charge >= 0.3 is 0 Å². The lowest BCUT2D eigenvalue weighted by atomic mass is 9.93. The molecule has 0 spiro atoms. The molecule has 0 aromatic rings. The Morgan fingerprint density at radius 3 is 2.29 bits per heavy atom. The van der Waals surface area contributed by atoms with Crippen LogP contribution in [0.15, 0.2) is 23.3 Å². The highest BCUT2D eigenvalue weighted by molar-refractivity contribution is 5.28. The summed E-state index contributed by atoms with van der Waals surface area (Å²) >= 11 is 0. The highest BCUT2D eigenvalue weighted by Crippen LogP contribution is 2.25. The van der Waals surface area contributed by atoms with Crippen molar-refractivity contribution in [3.05, 3.63) is 23.3 Å².